The van der Waals surface area contributed by atoms with Gasteiger partial charge in [0.25, 0.3) is 0 Å². The van der Waals surface area contributed by atoms with Crippen LogP contribution in [-0.4, -0.2) is 15.9 Å². The SMILES string of the molecule is CCCC1(CNc2snc(N)c2-c2ccncc2)CC1. The van der Waals surface area contributed by atoms with Crippen LogP contribution >= 0.6 is 11.5 Å². The van der Waals surface area contributed by atoms with E-state index in [1.165, 1.54) is 37.2 Å². The van der Waals surface area contributed by atoms with Gasteiger partial charge in [-0.1, -0.05) is 13.3 Å². The highest BCUT2D eigenvalue weighted by atomic mass is 32.1. The van der Waals surface area contributed by atoms with Crippen LogP contribution in [0.15, 0.2) is 24.5 Å². The number of pyridine rings is 1. The molecule has 106 valence electrons. The van der Waals surface area contributed by atoms with Crippen molar-refractivity contribution in [3.8, 4) is 11.1 Å². The summed E-state index contributed by atoms with van der Waals surface area (Å²) in [6.45, 7) is 3.29. The average Bonchev–Trinajstić information content (AvgIpc) is 3.13. The second kappa shape index (κ2) is 5.40. The molecule has 4 nitrogen and oxygen atoms in total. The molecule has 3 N–H and O–H groups in total. The minimum Gasteiger partial charge on any atom is -0.382 e. The lowest BCUT2D eigenvalue weighted by Crippen LogP contribution is -2.14. The van der Waals surface area contributed by atoms with Crippen LogP contribution < -0.4 is 11.1 Å². The molecule has 2 aromatic rings. The second-order valence-electron chi connectivity index (χ2n) is 5.61. The van der Waals surface area contributed by atoms with Crippen molar-refractivity contribution in [2.75, 3.05) is 17.6 Å². The molecule has 0 aliphatic heterocycles. The maximum atomic E-state index is 6.03. The van der Waals surface area contributed by atoms with E-state index in [9.17, 15) is 0 Å². The molecule has 0 bridgehead atoms. The molecule has 1 aliphatic rings. The lowest BCUT2D eigenvalue weighted by atomic mass is 10.0. The van der Waals surface area contributed by atoms with Gasteiger partial charge >= 0.3 is 0 Å². The summed E-state index contributed by atoms with van der Waals surface area (Å²) in [6, 6.07) is 3.95. The monoisotopic (exact) mass is 288 g/mol. The predicted octanol–water partition coefficient (Wildman–Crippen LogP) is 3.78. The van der Waals surface area contributed by atoms with Crippen molar-refractivity contribution in [3.63, 3.8) is 0 Å². The maximum absolute atomic E-state index is 6.03. The predicted molar refractivity (Wildman–Crippen MR) is 84.8 cm³/mol. The molecule has 20 heavy (non-hydrogen) atoms. The fourth-order valence-corrected chi connectivity index (χ4v) is 3.44. The first-order valence-electron chi connectivity index (χ1n) is 7.13. The Labute approximate surface area is 123 Å². The number of nitrogens with one attached hydrogen (secondary N) is 1. The number of nitrogens with zero attached hydrogens (tertiary/aromatic N) is 2. The Morgan fingerprint density at radius 1 is 1.35 bits per heavy atom. The van der Waals surface area contributed by atoms with Crippen LogP contribution in [0, 0.1) is 5.41 Å². The van der Waals surface area contributed by atoms with Gasteiger partial charge in [-0.2, -0.15) is 4.37 Å². The van der Waals surface area contributed by atoms with E-state index in [2.05, 4.69) is 21.6 Å². The summed E-state index contributed by atoms with van der Waals surface area (Å²) in [5, 5.41) is 4.66. The van der Waals surface area contributed by atoms with Crippen LogP contribution in [0.1, 0.15) is 32.6 Å². The lowest BCUT2D eigenvalue weighted by molar-refractivity contribution is 0.486. The molecule has 0 aromatic carbocycles. The van der Waals surface area contributed by atoms with Crippen molar-refractivity contribution in [2.45, 2.75) is 32.6 Å². The molecule has 0 saturated heterocycles. The summed E-state index contributed by atoms with van der Waals surface area (Å²) in [6.07, 6.45) is 8.81. The van der Waals surface area contributed by atoms with E-state index < -0.39 is 0 Å². The normalized spacial score (nSPS) is 16.1. The molecule has 2 heterocycles. The number of nitrogens with two attached hydrogens (primary N) is 1. The van der Waals surface area contributed by atoms with Crippen molar-refractivity contribution < 1.29 is 0 Å². The fraction of sp³-hybridized carbons (Fsp3) is 0.467. The summed E-state index contributed by atoms with van der Waals surface area (Å²) >= 11 is 1.45. The standard InChI is InChI=1S/C15H20N4S/c1-2-5-15(6-7-15)10-18-14-12(13(16)19-20-14)11-3-8-17-9-4-11/h3-4,8-9,18H,2,5-7,10H2,1H3,(H2,16,19). The summed E-state index contributed by atoms with van der Waals surface area (Å²) < 4.78 is 4.30. The molecule has 0 spiro atoms. The van der Waals surface area contributed by atoms with E-state index in [0.717, 1.165) is 22.7 Å². The highest BCUT2D eigenvalue weighted by Crippen LogP contribution is 2.50. The van der Waals surface area contributed by atoms with Gasteiger partial charge in [0.2, 0.25) is 0 Å². The van der Waals surface area contributed by atoms with Gasteiger partial charge in [-0.15, -0.1) is 0 Å². The Kier molecular flexibility index (Phi) is 3.61. The van der Waals surface area contributed by atoms with Crippen LogP contribution in [0.25, 0.3) is 11.1 Å². The van der Waals surface area contributed by atoms with Gasteiger partial charge in [0.15, 0.2) is 0 Å². The summed E-state index contributed by atoms with van der Waals surface area (Å²) in [5.41, 5.74) is 8.64. The van der Waals surface area contributed by atoms with Crippen molar-refractivity contribution in [1.29, 1.82) is 0 Å². The highest BCUT2D eigenvalue weighted by Gasteiger charge is 2.41. The van der Waals surface area contributed by atoms with Gasteiger partial charge < -0.3 is 11.1 Å². The van der Waals surface area contributed by atoms with Crippen LogP contribution in [-0.2, 0) is 0 Å². The van der Waals surface area contributed by atoms with E-state index >= 15 is 0 Å². The quantitative estimate of drug-likeness (QED) is 0.849. The zero-order valence-electron chi connectivity index (χ0n) is 11.7. The van der Waals surface area contributed by atoms with Crippen LogP contribution in [0.5, 0.6) is 0 Å². The van der Waals surface area contributed by atoms with Crippen molar-refractivity contribution in [1.82, 2.24) is 9.36 Å². The Balaban J connectivity index is 1.78. The minimum absolute atomic E-state index is 0.517. The maximum Gasteiger partial charge on any atom is 0.147 e. The van der Waals surface area contributed by atoms with Gasteiger partial charge in [-0.25, -0.2) is 0 Å². The molecular formula is C15H20N4S. The first-order valence-corrected chi connectivity index (χ1v) is 7.91. The van der Waals surface area contributed by atoms with Crippen molar-refractivity contribution in [3.05, 3.63) is 24.5 Å². The number of nitrogen functional groups attached to an aromatic ring is 1. The Bertz CT molecular complexity index is 575. The zero-order chi connectivity index (χ0) is 14.0. The van der Waals surface area contributed by atoms with E-state index in [4.69, 9.17) is 5.73 Å². The van der Waals surface area contributed by atoms with Crippen LogP contribution in [0.2, 0.25) is 0 Å². The molecule has 1 fully saturated rings. The first-order chi connectivity index (χ1) is 9.74. The molecule has 0 radical (unpaired) electrons. The third-order valence-electron chi connectivity index (χ3n) is 4.05. The zero-order valence-corrected chi connectivity index (χ0v) is 12.5. The summed E-state index contributed by atoms with van der Waals surface area (Å²) in [5.74, 6) is 0.601. The molecule has 2 aromatic heterocycles. The highest BCUT2D eigenvalue weighted by molar-refractivity contribution is 7.11. The molecule has 5 heteroatoms. The van der Waals surface area contributed by atoms with Crippen molar-refractivity contribution >= 4 is 22.4 Å². The smallest absolute Gasteiger partial charge is 0.147 e. The minimum atomic E-state index is 0.517. The number of aromatic nitrogens is 2. The largest absolute Gasteiger partial charge is 0.382 e. The van der Waals surface area contributed by atoms with Gasteiger partial charge in [-0.05, 0) is 53.9 Å². The van der Waals surface area contributed by atoms with Gasteiger partial charge in [0.1, 0.15) is 10.8 Å². The molecule has 3 rings (SSSR count). The number of hydrogen-bond acceptors (Lipinski definition) is 5. The van der Waals surface area contributed by atoms with Crippen molar-refractivity contribution in [2.24, 2.45) is 5.41 Å². The third-order valence-corrected chi connectivity index (χ3v) is 4.87. The fourth-order valence-electron chi connectivity index (χ4n) is 2.71. The second-order valence-corrected chi connectivity index (χ2v) is 6.38. The molecule has 0 atom stereocenters. The Hall–Kier alpha value is -1.62. The molecular weight excluding hydrogens is 268 g/mol. The van der Waals surface area contributed by atoms with E-state index in [0.29, 0.717) is 11.2 Å². The van der Waals surface area contributed by atoms with Gasteiger partial charge in [0, 0.05) is 18.9 Å². The third kappa shape index (κ3) is 2.63. The van der Waals surface area contributed by atoms with Crippen LogP contribution in [0.3, 0.4) is 0 Å². The first kappa shape index (κ1) is 13.4. The summed E-state index contributed by atoms with van der Waals surface area (Å²) in [4.78, 5) is 4.06. The van der Waals surface area contributed by atoms with E-state index in [-0.39, 0.29) is 0 Å². The Morgan fingerprint density at radius 2 is 2.10 bits per heavy atom. The molecule has 1 aliphatic carbocycles. The number of rotatable bonds is 6. The number of anilines is 2. The Morgan fingerprint density at radius 3 is 2.75 bits per heavy atom. The topological polar surface area (TPSA) is 63.8 Å². The van der Waals surface area contributed by atoms with E-state index in [1.54, 1.807) is 12.4 Å². The van der Waals surface area contributed by atoms with E-state index in [1.807, 2.05) is 12.1 Å². The van der Waals surface area contributed by atoms with Gasteiger partial charge in [0.05, 0.1) is 5.56 Å². The lowest BCUT2D eigenvalue weighted by Gasteiger charge is -2.15. The van der Waals surface area contributed by atoms with Crippen LogP contribution in [0.4, 0.5) is 10.8 Å². The number of hydrogen-bond donors (Lipinski definition) is 2. The summed E-state index contributed by atoms with van der Waals surface area (Å²) in [7, 11) is 0. The van der Waals surface area contributed by atoms with Gasteiger partial charge in [-0.3, -0.25) is 4.98 Å². The molecule has 1 saturated carbocycles. The average molecular weight is 288 g/mol. The molecule has 0 unspecified atom stereocenters. The molecule has 0 amide bonds.